The number of benzene rings is 1. The number of ether oxygens (including phenoxy) is 1. The third kappa shape index (κ3) is 7.55. The summed E-state index contributed by atoms with van der Waals surface area (Å²) >= 11 is 6.40. The molecule has 0 saturated carbocycles. The van der Waals surface area contributed by atoms with Gasteiger partial charge in [-0.3, -0.25) is 14.9 Å². The zero-order valence-corrected chi connectivity index (χ0v) is 20.9. The number of guanidine groups is 1. The quantitative estimate of drug-likeness (QED) is 0.307. The van der Waals surface area contributed by atoms with Gasteiger partial charge in [-0.2, -0.15) is 0 Å². The van der Waals surface area contributed by atoms with Crippen molar-refractivity contribution in [2.75, 3.05) is 39.8 Å². The lowest BCUT2D eigenvalue weighted by Gasteiger charge is -2.38. The molecule has 1 aromatic heterocycles. The van der Waals surface area contributed by atoms with Crippen LogP contribution in [0.1, 0.15) is 24.2 Å². The second-order valence-electron chi connectivity index (χ2n) is 7.28. The molecule has 9 heteroatoms. The molecule has 1 aliphatic heterocycles. The molecule has 0 aliphatic carbocycles. The Labute approximate surface area is 205 Å². The van der Waals surface area contributed by atoms with Crippen LogP contribution < -0.4 is 10.6 Å². The van der Waals surface area contributed by atoms with E-state index in [1.807, 2.05) is 25.1 Å². The summed E-state index contributed by atoms with van der Waals surface area (Å²) in [5.74, 6) is 0.358. The molecular formula is C22H30ClFIN5O. The van der Waals surface area contributed by atoms with Crippen LogP contribution in [0.15, 0.2) is 47.6 Å². The van der Waals surface area contributed by atoms with Gasteiger partial charge in [0.15, 0.2) is 5.96 Å². The first-order valence-electron chi connectivity index (χ1n) is 10.2. The van der Waals surface area contributed by atoms with Crippen molar-refractivity contribution in [3.05, 3.63) is 64.7 Å². The number of hydrogen-bond donors (Lipinski definition) is 2. The average Bonchev–Trinajstić information content (AvgIpc) is 2.75. The molecule has 2 aromatic rings. The molecule has 1 fully saturated rings. The molecule has 2 N–H and O–H groups in total. The van der Waals surface area contributed by atoms with Crippen LogP contribution in [0.2, 0.25) is 5.02 Å². The smallest absolute Gasteiger partial charge is 0.191 e. The lowest BCUT2D eigenvalue weighted by molar-refractivity contribution is -0.0343. The van der Waals surface area contributed by atoms with Gasteiger partial charge in [-0.15, -0.1) is 24.0 Å². The lowest BCUT2D eigenvalue weighted by Crippen LogP contribution is -2.48. The fraction of sp³-hybridized carbons (Fsp3) is 0.455. The van der Waals surface area contributed by atoms with E-state index >= 15 is 0 Å². The number of rotatable bonds is 7. The van der Waals surface area contributed by atoms with Crippen molar-refractivity contribution >= 4 is 41.5 Å². The van der Waals surface area contributed by atoms with Crippen LogP contribution in [-0.4, -0.2) is 61.8 Å². The van der Waals surface area contributed by atoms with Crippen molar-refractivity contribution in [2.24, 2.45) is 4.99 Å². The highest BCUT2D eigenvalue weighted by atomic mass is 127. The lowest BCUT2D eigenvalue weighted by atomic mass is 10.0. The number of nitrogens with one attached hydrogen (secondary N) is 2. The fourth-order valence-corrected chi connectivity index (χ4v) is 3.93. The number of halogens is 3. The Bertz CT molecular complexity index is 822. The van der Waals surface area contributed by atoms with Gasteiger partial charge < -0.3 is 15.4 Å². The number of hydrogen-bond acceptors (Lipinski definition) is 4. The topological polar surface area (TPSA) is 61.8 Å². The Morgan fingerprint density at radius 3 is 2.84 bits per heavy atom. The van der Waals surface area contributed by atoms with Crippen molar-refractivity contribution in [3.8, 4) is 0 Å². The Kier molecular flexibility index (Phi) is 10.9. The molecule has 31 heavy (non-hydrogen) atoms. The van der Waals surface area contributed by atoms with Gasteiger partial charge in [0.1, 0.15) is 5.82 Å². The minimum absolute atomic E-state index is 0. The molecular weight excluding hydrogens is 532 g/mol. The van der Waals surface area contributed by atoms with E-state index in [1.54, 1.807) is 25.4 Å². The molecule has 0 bridgehead atoms. The van der Waals surface area contributed by atoms with E-state index in [0.717, 1.165) is 12.1 Å². The molecule has 2 heterocycles. The highest BCUT2D eigenvalue weighted by Gasteiger charge is 2.29. The zero-order chi connectivity index (χ0) is 21.3. The van der Waals surface area contributed by atoms with E-state index < -0.39 is 0 Å². The maximum absolute atomic E-state index is 14.7. The van der Waals surface area contributed by atoms with Crippen molar-refractivity contribution in [1.82, 2.24) is 20.5 Å². The van der Waals surface area contributed by atoms with Crippen molar-refractivity contribution < 1.29 is 9.13 Å². The first-order valence-corrected chi connectivity index (χ1v) is 10.6. The van der Waals surface area contributed by atoms with Gasteiger partial charge in [0.25, 0.3) is 0 Å². The maximum atomic E-state index is 14.7. The molecule has 170 valence electrons. The third-order valence-electron chi connectivity index (χ3n) is 5.13. The highest BCUT2D eigenvalue weighted by Crippen LogP contribution is 2.31. The van der Waals surface area contributed by atoms with Crippen LogP contribution in [-0.2, 0) is 11.2 Å². The van der Waals surface area contributed by atoms with Gasteiger partial charge in [-0.05, 0) is 31.2 Å². The Morgan fingerprint density at radius 2 is 2.16 bits per heavy atom. The Hall–Kier alpha value is -1.49. The minimum Gasteiger partial charge on any atom is -0.376 e. The molecule has 1 saturated heterocycles. The van der Waals surface area contributed by atoms with Gasteiger partial charge in [-0.1, -0.05) is 23.7 Å². The maximum Gasteiger partial charge on any atom is 0.191 e. The van der Waals surface area contributed by atoms with Crippen molar-refractivity contribution in [2.45, 2.75) is 25.5 Å². The standard InChI is InChI=1S/C22H29ClFN5O.HI/c1-16-15-29(12-13-30-16)20(21-18(23)7-5-8-19(21)24)14-28-22(25-2)27-11-9-17-6-3-4-10-26-17;/h3-8,10,16,20H,9,11-15H2,1-2H3,(H2,25,27,28);1H. The summed E-state index contributed by atoms with van der Waals surface area (Å²) in [6, 6.07) is 10.5. The number of aliphatic imine (C=N–C) groups is 1. The van der Waals surface area contributed by atoms with Gasteiger partial charge in [-0.25, -0.2) is 4.39 Å². The molecule has 2 atom stereocenters. The summed E-state index contributed by atoms with van der Waals surface area (Å²) in [4.78, 5) is 10.8. The van der Waals surface area contributed by atoms with Crippen molar-refractivity contribution in [1.29, 1.82) is 0 Å². The van der Waals surface area contributed by atoms with E-state index in [2.05, 4.69) is 25.5 Å². The summed E-state index contributed by atoms with van der Waals surface area (Å²) in [5, 5.41) is 7.06. The normalized spacial score (nSPS) is 18.2. The van der Waals surface area contributed by atoms with Crippen LogP contribution in [0.3, 0.4) is 0 Å². The summed E-state index contributed by atoms with van der Waals surface area (Å²) in [7, 11) is 1.72. The summed E-state index contributed by atoms with van der Waals surface area (Å²) in [6.45, 7) is 5.22. The van der Waals surface area contributed by atoms with E-state index in [4.69, 9.17) is 16.3 Å². The largest absolute Gasteiger partial charge is 0.376 e. The monoisotopic (exact) mass is 561 g/mol. The predicted octanol–water partition coefficient (Wildman–Crippen LogP) is 3.66. The van der Waals surface area contributed by atoms with Gasteiger partial charge in [0, 0.05) is 62.1 Å². The number of pyridine rings is 1. The SMILES string of the molecule is CN=C(NCCc1ccccn1)NCC(c1c(F)cccc1Cl)N1CCOC(C)C1.I. The minimum atomic E-state index is -0.299. The second kappa shape index (κ2) is 13.1. The fourth-order valence-electron chi connectivity index (χ4n) is 3.64. The van der Waals surface area contributed by atoms with Crippen LogP contribution in [0.5, 0.6) is 0 Å². The summed E-state index contributed by atoms with van der Waals surface area (Å²) in [6.07, 6.45) is 2.65. The molecule has 2 unspecified atom stereocenters. The van der Waals surface area contributed by atoms with Gasteiger partial charge in [0.05, 0.1) is 18.8 Å². The molecule has 0 radical (unpaired) electrons. The van der Waals surface area contributed by atoms with E-state index in [0.29, 0.717) is 49.3 Å². The molecule has 1 aromatic carbocycles. The molecule has 0 amide bonds. The van der Waals surface area contributed by atoms with E-state index in [-0.39, 0.29) is 41.9 Å². The van der Waals surface area contributed by atoms with Crippen LogP contribution >= 0.6 is 35.6 Å². The highest BCUT2D eigenvalue weighted by molar-refractivity contribution is 14.0. The van der Waals surface area contributed by atoms with Crippen LogP contribution in [0.25, 0.3) is 0 Å². The molecule has 1 aliphatic rings. The first-order chi connectivity index (χ1) is 14.6. The van der Waals surface area contributed by atoms with Gasteiger partial charge >= 0.3 is 0 Å². The number of nitrogens with zero attached hydrogens (tertiary/aromatic N) is 3. The second-order valence-corrected chi connectivity index (χ2v) is 7.69. The number of morpholine rings is 1. The summed E-state index contributed by atoms with van der Waals surface area (Å²) in [5.41, 5.74) is 1.52. The van der Waals surface area contributed by atoms with E-state index in [1.165, 1.54) is 6.07 Å². The van der Waals surface area contributed by atoms with Crippen LogP contribution in [0.4, 0.5) is 4.39 Å². The number of aromatic nitrogens is 1. The van der Waals surface area contributed by atoms with Crippen molar-refractivity contribution in [3.63, 3.8) is 0 Å². The zero-order valence-electron chi connectivity index (χ0n) is 17.9. The predicted molar refractivity (Wildman–Crippen MR) is 134 cm³/mol. The molecule has 3 rings (SSSR count). The Balaban J connectivity index is 0.00000341. The summed E-state index contributed by atoms with van der Waals surface area (Å²) < 4.78 is 20.4. The van der Waals surface area contributed by atoms with Crippen LogP contribution in [0, 0.1) is 5.82 Å². The molecule has 6 nitrogen and oxygen atoms in total. The van der Waals surface area contributed by atoms with Gasteiger partial charge in [0.2, 0.25) is 0 Å². The Morgan fingerprint density at radius 1 is 1.32 bits per heavy atom. The first kappa shape index (κ1) is 25.8. The average molecular weight is 562 g/mol. The molecule has 0 spiro atoms. The van der Waals surface area contributed by atoms with E-state index in [9.17, 15) is 4.39 Å². The third-order valence-corrected chi connectivity index (χ3v) is 5.46.